The number of hydrogen-bond donors (Lipinski definition) is 1. The summed E-state index contributed by atoms with van der Waals surface area (Å²) in [4.78, 5) is 38.2. The molecular weight excluding hydrogens is 394 g/mol. The summed E-state index contributed by atoms with van der Waals surface area (Å²) in [6.45, 7) is 0. The molecule has 0 aromatic heterocycles. The van der Waals surface area contributed by atoms with Crippen molar-refractivity contribution in [3.05, 3.63) is 75.9 Å². The van der Waals surface area contributed by atoms with Crippen molar-refractivity contribution in [2.24, 2.45) is 11.8 Å². The summed E-state index contributed by atoms with van der Waals surface area (Å²) in [5.74, 6) is -1.27. The van der Waals surface area contributed by atoms with Gasteiger partial charge >= 0.3 is 0 Å². The fraction of sp³-hybridized carbons (Fsp3) is 0.333. The Balaban J connectivity index is 1.46. The Morgan fingerprint density at radius 3 is 2.42 bits per heavy atom. The zero-order chi connectivity index (χ0) is 21.5. The van der Waals surface area contributed by atoms with E-state index in [4.69, 9.17) is 0 Å². The van der Waals surface area contributed by atoms with Crippen LogP contribution in [0.1, 0.15) is 42.9 Å². The molecule has 0 spiro atoms. The molecule has 3 aliphatic rings. The number of carbonyl (C=O) groups excluding carboxylic acids is 2. The molecule has 5 rings (SSSR count). The summed E-state index contributed by atoms with van der Waals surface area (Å²) >= 11 is 0. The number of nitrogens with zero attached hydrogens (tertiary/aromatic N) is 2. The third-order valence-electron chi connectivity index (χ3n) is 6.64. The lowest BCUT2D eigenvalue weighted by Crippen LogP contribution is -2.31. The van der Waals surface area contributed by atoms with Crippen LogP contribution in [-0.2, 0) is 16.0 Å². The molecule has 1 fully saturated rings. The minimum atomic E-state index is -0.458. The maximum Gasteiger partial charge on any atom is 0.294 e. The lowest BCUT2D eigenvalue weighted by Gasteiger charge is -2.27. The average Bonchev–Trinajstić information content (AvgIpc) is 3.04. The Hall–Kier alpha value is -3.48. The van der Waals surface area contributed by atoms with Gasteiger partial charge in [-0.2, -0.15) is 0 Å². The summed E-state index contributed by atoms with van der Waals surface area (Å²) < 4.78 is 0. The van der Waals surface area contributed by atoms with Gasteiger partial charge in [-0.1, -0.05) is 36.4 Å². The molecule has 7 heteroatoms. The van der Waals surface area contributed by atoms with Gasteiger partial charge in [-0.3, -0.25) is 19.7 Å². The number of amides is 2. The molecule has 2 aliphatic carbocycles. The smallest absolute Gasteiger partial charge is 0.294 e. The second-order valence-electron chi connectivity index (χ2n) is 8.41. The molecule has 3 atom stereocenters. The zero-order valence-electron chi connectivity index (χ0n) is 17.0. The van der Waals surface area contributed by atoms with E-state index in [0.717, 1.165) is 29.7 Å². The van der Waals surface area contributed by atoms with Crippen molar-refractivity contribution in [3.63, 3.8) is 0 Å². The molecule has 2 aromatic rings. The number of carbonyl (C=O) groups is 2. The maximum atomic E-state index is 12.9. The van der Waals surface area contributed by atoms with Crippen LogP contribution in [0.5, 0.6) is 0 Å². The van der Waals surface area contributed by atoms with Crippen LogP contribution in [0.15, 0.2) is 54.6 Å². The van der Waals surface area contributed by atoms with Gasteiger partial charge in [-0.15, -0.1) is 0 Å². The predicted octanol–water partition coefficient (Wildman–Crippen LogP) is 4.54. The summed E-state index contributed by atoms with van der Waals surface area (Å²) in [6, 6.07) is 12.7. The first-order chi connectivity index (χ1) is 15.0. The van der Waals surface area contributed by atoms with E-state index in [9.17, 15) is 19.7 Å². The highest BCUT2D eigenvalue weighted by atomic mass is 16.6. The van der Waals surface area contributed by atoms with Gasteiger partial charge in [0.2, 0.25) is 11.8 Å². The summed E-state index contributed by atoms with van der Waals surface area (Å²) in [5.41, 5.74) is 2.96. The number of nitrogens with one attached hydrogen (secondary N) is 1. The van der Waals surface area contributed by atoms with Crippen LogP contribution in [0.3, 0.4) is 0 Å². The van der Waals surface area contributed by atoms with E-state index in [2.05, 4.69) is 17.4 Å². The summed E-state index contributed by atoms with van der Waals surface area (Å²) in [6.07, 6.45) is 7.82. The second-order valence-corrected chi connectivity index (χ2v) is 8.41. The first-order valence-electron chi connectivity index (χ1n) is 10.7. The molecule has 7 nitrogen and oxygen atoms in total. The van der Waals surface area contributed by atoms with Gasteiger partial charge in [-0.25, -0.2) is 4.90 Å². The molecule has 1 heterocycles. The van der Waals surface area contributed by atoms with Gasteiger partial charge in [0.1, 0.15) is 5.69 Å². The van der Waals surface area contributed by atoms with E-state index >= 15 is 0 Å². The van der Waals surface area contributed by atoms with E-state index in [0.29, 0.717) is 18.5 Å². The third-order valence-corrected chi connectivity index (χ3v) is 6.64. The SMILES string of the molecule is O=C1[C@H]2CC=CC[C@H]2C(=O)N1c1ccc(N[C@@H]2CCCc3ccccc32)c([N+](=O)[O-])c1. The van der Waals surface area contributed by atoms with Crippen LogP contribution in [0.25, 0.3) is 0 Å². The van der Waals surface area contributed by atoms with Crippen molar-refractivity contribution in [1.29, 1.82) is 0 Å². The standard InChI is InChI=1S/C24H23N3O4/c28-23-18-9-3-4-10-19(18)24(29)26(23)16-12-13-21(22(14-16)27(30)31)25-20-11-5-7-15-6-1-2-8-17(15)20/h1-4,6,8,12-14,18-20,25H,5,7,9-11H2/t18-,19+,20-/m1/s1. The summed E-state index contributed by atoms with van der Waals surface area (Å²) in [7, 11) is 0. The molecule has 158 valence electrons. The molecule has 1 saturated heterocycles. The van der Waals surface area contributed by atoms with Crippen LogP contribution in [0.4, 0.5) is 17.1 Å². The van der Waals surface area contributed by atoms with Gasteiger partial charge in [0.15, 0.2) is 0 Å². The van der Waals surface area contributed by atoms with E-state index in [-0.39, 0.29) is 41.1 Å². The monoisotopic (exact) mass is 417 g/mol. The van der Waals surface area contributed by atoms with Gasteiger partial charge in [0.05, 0.1) is 28.5 Å². The quantitative estimate of drug-likeness (QED) is 0.341. The zero-order valence-corrected chi connectivity index (χ0v) is 17.0. The van der Waals surface area contributed by atoms with Crippen LogP contribution in [-0.4, -0.2) is 16.7 Å². The average molecular weight is 417 g/mol. The maximum absolute atomic E-state index is 12.9. The number of nitro benzene ring substituents is 1. The Kier molecular flexibility index (Phi) is 4.81. The molecular formula is C24H23N3O4. The minimum absolute atomic E-state index is 0.0153. The fourth-order valence-corrected chi connectivity index (χ4v) is 5.08. The van der Waals surface area contributed by atoms with Gasteiger partial charge in [-0.05, 0) is 55.4 Å². The molecule has 0 radical (unpaired) electrons. The molecule has 1 aliphatic heterocycles. The van der Waals surface area contributed by atoms with Crippen molar-refractivity contribution < 1.29 is 14.5 Å². The Morgan fingerprint density at radius 1 is 1.00 bits per heavy atom. The topological polar surface area (TPSA) is 92.6 Å². The van der Waals surface area contributed by atoms with E-state index in [1.54, 1.807) is 12.1 Å². The van der Waals surface area contributed by atoms with Gasteiger partial charge in [0, 0.05) is 6.07 Å². The van der Waals surface area contributed by atoms with Crippen molar-refractivity contribution in [2.75, 3.05) is 10.2 Å². The largest absolute Gasteiger partial charge is 0.373 e. The van der Waals surface area contributed by atoms with E-state index < -0.39 is 4.92 Å². The molecule has 0 saturated carbocycles. The van der Waals surface area contributed by atoms with Gasteiger partial charge in [0.25, 0.3) is 5.69 Å². The number of aryl methyl sites for hydroxylation is 1. The number of allylic oxidation sites excluding steroid dienone is 2. The fourth-order valence-electron chi connectivity index (χ4n) is 5.08. The number of fused-ring (bicyclic) bond motifs is 2. The number of benzene rings is 2. The predicted molar refractivity (Wildman–Crippen MR) is 117 cm³/mol. The number of imide groups is 1. The molecule has 0 bridgehead atoms. The third kappa shape index (κ3) is 3.30. The lowest BCUT2D eigenvalue weighted by molar-refractivity contribution is -0.383. The first-order valence-corrected chi connectivity index (χ1v) is 10.7. The van der Waals surface area contributed by atoms with Crippen LogP contribution in [0.2, 0.25) is 0 Å². The highest BCUT2D eigenvalue weighted by Gasteiger charge is 2.48. The molecule has 0 unspecified atom stereocenters. The van der Waals surface area contributed by atoms with Crippen molar-refractivity contribution >= 4 is 28.9 Å². The van der Waals surface area contributed by atoms with Crippen molar-refractivity contribution in [3.8, 4) is 0 Å². The van der Waals surface area contributed by atoms with Crippen molar-refractivity contribution in [1.82, 2.24) is 0 Å². The highest BCUT2D eigenvalue weighted by molar-refractivity contribution is 6.22. The van der Waals surface area contributed by atoms with E-state index in [1.165, 1.54) is 11.6 Å². The molecule has 2 amide bonds. The number of nitro groups is 1. The van der Waals surface area contributed by atoms with Crippen LogP contribution >= 0.6 is 0 Å². The Bertz CT molecular complexity index is 1080. The lowest BCUT2D eigenvalue weighted by atomic mass is 9.85. The molecule has 1 N–H and O–H groups in total. The number of hydrogen-bond acceptors (Lipinski definition) is 5. The van der Waals surface area contributed by atoms with Crippen LogP contribution in [0, 0.1) is 22.0 Å². The molecule has 2 aromatic carbocycles. The highest BCUT2D eigenvalue weighted by Crippen LogP contribution is 2.41. The molecule has 31 heavy (non-hydrogen) atoms. The van der Waals surface area contributed by atoms with Crippen LogP contribution < -0.4 is 10.2 Å². The minimum Gasteiger partial charge on any atom is -0.373 e. The Morgan fingerprint density at radius 2 is 1.71 bits per heavy atom. The summed E-state index contributed by atoms with van der Waals surface area (Å²) in [5, 5.41) is 15.2. The van der Waals surface area contributed by atoms with Crippen molar-refractivity contribution in [2.45, 2.75) is 38.1 Å². The Labute approximate surface area is 179 Å². The number of rotatable bonds is 4. The van der Waals surface area contributed by atoms with Gasteiger partial charge < -0.3 is 5.32 Å². The second kappa shape index (κ2) is 7.65. The first kappa shape index (κ1) is 19.5. The number of anilines is 2. The normalized spacial score (nSPS) is 24.6. The van der Waals surface area contributed by atoms with E-state index in [1.807, 2.05) is 24.3 Å².